The molecule has 1 unspecified atom stereocenters. The van der Waals surface area contributed by atoms with Crippen LogP contribution < -0.4 is 5.73 Å². The van der Waals surface area contributed by atoms with Crippen molar-refractivity contribution in [2.75, 3.05) is 0 Å². The van der Waals surface area contributed by atoms with Gasteiger partial charge in [-0.3, -0.25) is 4.98 Å². The smallest absolute Gasteiger partial charge is 0.134 e. The van der Waals surface area contributed by atoms with Crippen molar-refractivity contribution in [3.8, 4) is 0 Å². The first kappa shape index (κ1) is 11.7. The van der Waals surface area contributed by atoms with Crippen LogP contribution in [0.25, 0.3) is 0 Å². The molecule has 0 saturated heterocycles. The lowest BCUT2D eigenvalue weighted by Gasteiger charge is -2.15. The van der Waals surface area contributed by atoms with Crippen molar-refractivity contribution in [3.63, 3.8) is 0 Å². The number of hydrogen-bond acceptors (Lipinski definition) is 2. The molecular weight excluding hydrogens is 222 g/mol. The van der Waals surface area contributed by atoms with Gasteiger partial charge in [0.05, 0.1) is 6.04 Å². The van der Waals surface area contributed by atoms with E-state index in [1.807, 2.05) is 0 Å². The minimum Gasteiger partial charge on any atom is -0.320 e. The Balaban J connectivity index is 2.51. The van der Waals surface area contributed by atoms with E-state index < -0.39 is 17.7 Å². The number of halogens is 2. The van der Waals surface area contributed by atoms with Crippen LogP contribution in [0.1, 0.15) is 22.7 Å². The number of nitrogens with zero attached hydrogens (tertiary/aromatic N) is 1. The summed E-state index contributed by atoms with van der Waals surface area (Å²) in [7, 11) is 0. The third-order valence-corrected chi connectivity index (χ3v) is 2.70. The minimum atomic E-state index is -0.821. The number of aromatic nitrogens is 1. The third kappa shape index (κ3) is 2.17. The maximum absolute atomic E-state index is 13.9. The van der Waals surface area contributed by atoms with Gasteiger partial charge >= 0.3 is 0 Å². The third-order valence-electron chi connectivity index (χ3n) is 2.70. The Labute approximate surface area is 98.1 Å². The molecule has 1 atom stereocenters. The van der Waals surface area contributed by atoms with E-state index in [0.29, 0.717) is 11.1 Å². The van der Waals surface area contributed by atoms with Crippen LogP contribution in [0.15, 0.2) is 36.7 Å². The quantitative estimate of drug-likeness (QED) is 0.867. The van der Waals surface area contributed by atoms with Crippen molar-refractivity contribution in [2.45, 2.75) is 13.0 Å². The Morgan fingerprint density at radius 3 is 2.41 bits per heavy atom. The fourth-order valence-corrected chi connectivity index (χ4v) is 1.70. The SMILES string of the molecule is Cc1ccc(F)c(C(N)c2ccncc2)c1F. The molecule has 1 aromatic heterocycles. The molecular formula is C13H12F2N2. The fourth-order valence-electron chi connectivity index (χ4n) is 1.70. The highest BCUT2D eigenvalue weighted by Crippen LogP contribution is 2.26. The summed E-state index contributed by atoms with van der Waals surface area (Å²) in [4.78, 5) is 3.84. The molecule has 1 heterocycles. The summed E-state index contributed by atoms with van der Waals surface area (Å²) in [5.74, 6) is -1.22. The van der Waals surface area contributed by atoms with E-state index in [0.717, 1.165) is 0 Å². The number of aryl methyl sites for hydroxylation is 1. The summed E-state index contributed by atoms with van der Waals surface area (Å²) < 4.78 is 27.5. The highest BCUT2D eigenvalue weighted by Gasteiger charge is 2.19. The standard InChI is InChI=1S/C13H12F2N2/c1-8-2-3-10(14)11(12(8)15)13(16)9-4-6-17-7-5-9/h2-7,13H,16H2,1H3. The van der Waals surface area contributed by atoms with E-state index in [1.54, 1.807) is 31.5 Å². The first-order valence-electron chi connectivity index (χ1n) is 5.21. The van der Waals surface area contributed by atoms with Crippen molar-refractivity contribution in [3.05, 3.63) is 65.0 Å². The Morgan fingerprint density at radius 1 is 1.12 bits per heavy atom. The van der Waals surface area contributed by atoms with Crippen molar-refractivity contribution in [1.29, 1.82) is 0 Å². The molecule has 0 saturated carbocycles. The molecule has 0 spiro atoms. The molecule has 0 radical (unpaired) electrons. The maximum atomic E-state index is 13.9. The predicted octanol–water partition coefficient (Wildman–Crippen LogP) is 2.72. The maximum Gasteiger partial charge on any atom is 0.134 e. The second-order valence-corrected chi connectivity index (χ2v) is 3.85. The molecule has 1 aromatic carbocycles. The zero-order valence-corrected chi connectivity index (χ0v) is 9.32. The lowest BCUT2D eigenvalue weighted by molar-refractivity contribution is 0.538. The first-order valence-corrected chi connectivity index (χ1v) is 5.21. The number of hydrogen-bond donors (Lipinski definition) is 1. The lowest BCUT2D eigenvalue weighted by atomic mass is 9.98. The van der Waals surface area contributed by atoms with Crippen LogP contribution in [-0.4, -0.2) is 4.98 Å². The van der Waals surface area contributed by atoms with Gasteiger partial charge in [-0.15, -0.1) is 0 Å². The number of nitrogens with two attached hydrogens (primary N) is 1. The number of benzene rings is 1. The molecule has 2 N–H and O–H groups in total. The summed E-state index contributed by atoms with van der Waals surface area (Å²) in [6.07, 6.45) is 3.08. The van der Waals surface area contributed by atoms with Crippen LogP contribution in [0.4, 0.5) is 8.78 Å². The van der Waals surface area contributed by atoms with Gasteiger partial charge in [-0.05, 0) is 36.2 Å². The Hall–Kier alpha value is -1.81. The summed E-state index contributed by atoms with van der Waals surface area (Å²) in [6.45, 7) is 1.58. The van der Waals surface area contributed by atoms with E-state index in [2.05, 4.69) is 4.98 Å². The van der Waals surface area contributed by atoms with Crippen LogP contribution in [0.3, 0.4) is 0 Å². The van der Waals surface area contributed by atoms with Crippen molar-refractivity contribution in [2.24, 2.45) is 5.73 Å². The van der Waals surface area contributed by atoms with Crippen LogP contribution in [0, 0.1) is 18.6 Å². The zero-order valence-electron chi connectivity index (χ0n) is 9.32. The molecule has 2 nitrogen and oxygen atoms in total. The second kappa shape index (κ2) is 4.59. The van der Waals surface area contributed by atoms with Gasteiger partial charge in [0.15, 0.2) is 0 Å². The van der Waals surface area contributed by atoms with E-state index in [-0.39, 0.29) is 5.56 Å². The van der Waals surface area contributed by atoms with Crippen LogP contribution >= 0.6 is 0 Å². The molecule has 17 heavy (non-hydrogen) atoms. The Kier molecular flexibility index (Phi) is 3.15. The summed E-state index contributed by atoms with van der Waals surface area (Å²) in [5, 5.41) is 0. The van der Waals surface area contributed by atoms with Gasteiger partial charge in [0.25, 0.3) is 0 Å². The topological polar surface area (TPSA) is 38.9 Å². The minimum absolute atomic E-state index is 0.101. The molecule has 0 aliphatic rings. The van der Waals surface area contributed by atoms with Gasteiger partial charge in [0.1, 0.15) is 11.6 Å². The van der Waals surface area contributed by atoms with Gasteiger partial charge in [-0.2, -0.15) is 0 Å². The monoisotopic (exact) mass is 234 g/mol. The molecule has 0 aliphatic carbocycles. The molecule has 0 aliphatic heterocycles. The molecule has 2 rings (SSSR count). The number of pyridine rings is 1. The highest BCUT2D eigenvalue weighted by molar-refractivity contribution is 5.35. The van der Waals surface area contributed by atoms with Crippen molar-refractivity contribution in [1.82, 2.24) is 4.98 Å². The first-order chi connectivity index (χ1) is 8.11. The highest BCUT2D eigenvalue weighted by atomic mass is 19.1. The molecule has 0 bridgehead atoms. The average Bonchev–Trinajstić information content (AvgIpc) is 2.35. The van der Waals surface area contributed by atoms with Gasteiger partial charge < -0.3 is 5.73 Å². The van der Waals surface area contributed by atoms with E-state index in [4.69, 9.17) is 5.73 Å². The fraction of sp³-hybridized carbons (Fsp3) is 0.154. The Bertz CT molecular complexity index is 526. The molecule has 4 heteroatoms. The second-order valence-electron chi connectivity index (χ2n) is 3.85. The van der Waals surface area contributed by atoms with E-state index >= 15 is 0 Å². The normalized spacial score (nSPS) is 12.5. The Morgan fingerprint density at radius 2 is 1.76 bits per heavy atom. The largest absolute Gasteiger partial charge is 0.320 e. The summed E-state index contributed by atoms with van der Waals surface area (Å²) in [5.41, 5.74) is 6.79. The van der Waals surface area contributed by atoms with E-state index in [9.17, 15) is 8.78 Å². The molecule has 0 fully saturated rings. The summed E-state index contributed by atoms with van der Waals surface area (Å²) >= 11 is 0. The van der Waals surface area contributed by atoms with E-state index in [1.165, 1.54) is 12.1 Å². The summed E-state index contributed by atoms with van der Waals surface area (Å²) in [6, 6.07) is 5.10. The van der Waals surface area contributed by atoms with Crippen LogP contribution in [0.5, 0.6) is 0 Å². The van der Waals surface area contributed by atoms with Crippen molar-refractivity contribution < 1.29 is 8.78 Å². The predicted molar refractivity (Wildman–Crippen MR) is 61.4 cm³/mol. The van der Waals surface area contributed by atoms with Gasteiger partial charge in [0, 0.05) is 18.0 Å². The van der Waals surface area contributed by atoms with Gasteiger partial charge in [-0.25, -0.2) is 8.78 Å². The van der Waals surface area contributed by atoms with Crippen LogP contribution in [-0.2, 0) is 0 Å². The zero-order chi connectivity index (χ0) is 12.4. The van der Waals surface area contributed by atoms with Gasteiger partial charge in [-0.1, -0.05) is 6.07 Å². The van der Waals surface area contributed by atoms with Crippen LogP contribution in [0.2, 0.25) is 0 Å². The average molecular weight is 234 g/mol. The molecule has 2 aromatic rings. The molecule has 0 amide bonds. The number of rotatable bonds is 2. The molecule has 88 valence electrons. The van der Waals surface area contributed by atoms with Gasteiger partial charge in [0.2, 0.25) is 0 Å². The lowest BCUT2D eigenvalue weighted by Crippen LogP contribution is -2.16. The van der Waals surface area contributed by atoms with Crippen molar-refractivity contribution >= 4 is 0 Å².